The predicted molar refractivity (Wildman–Crippen MR) is 271 cm³/mol. The number of nitrogens with zero attached hydrogens (tertiary/aromatic N) is 3. The SMILES string of the molecule is COc1ccc(C(C(=O)OC(C(=O)Nc2cc(C)on2)c2ccccc2)c2cc(C(C(=O)OCCCC(=O)Nc3cc(C)on3)C(C(=O)OCCCC(=O)Nc3cc(C)on3)c3ccc4c(c3)OCO4)ccc2OC)cc1. The molecule has 4 atom stereocenters. The molecule has 400 valence electrons. The van der Waals surface area contributed by atoms with Crippen molar-refractivity contribution in [3.8, 4) is 23.0 Å². The first-order chi connectivity index (χ1) is 37.3. The van der Waals surface area contributed by atoms with Gasteiger partial charge in [0.1, 0.15) is 34.7 Å². The quantitative estimate of drug-likeness (QED) is 0.0292. The van der Waals surface area contributed by atoms with E-state index in [9.17, 15) is 19.2 Å². The third-order valence-electron chi connectivity index (χ3n) is 12.0. The molecule has 1 aliphatic rings. The van der Waals surface area contributed by atoms with Crippen molar-refractivity contribution < 1.29 is 75.5 Å². The highest BCUT2D eigenvalue weighted by Gasteiger charge is 2.41. The molecular weight excluding hydrogens is 1000 g/mol. The van der Waals surface area contributed by atoms with Gasteiger partial charge in [-0.25, -0.2) is 0 Å². The number of hydrogen-bond acceptors (Lipinski definition) is 19. The predicted octanol–water partition coefficient (Wildman–Crippen LogP) is 8.17. The molecule has 1 aliphatic heterocycles. The molecule has 4 heterocycles. The Morgan fingerprint density at radius 3 is 1.60 bits per heavy atom. The Labute approximate surface area is 440 Å². The second-order valence-corrected chi connectivity index (χ2v) is 17.6. The number of fused-ring (bicyclic) bond motifs is 1. The van der Waals surface area contributed by atoms with E-state index in [0.717, 1.165) is 0 Å². The van der Waals surface area contributed by atoms with Crippen molar-refractivity contribution in [3.05, 3.63) is 154 Å². The van der Waals surface area contributed by atoms with Crippen LogP contribution < -0.4 is 34.9 Å². The number of carbonyl (C=O) groups excluding carboxylic acids is 6. The van der Waals surface area contributed by atoms with Crippen molar-refractivity contribution in [1.82, 2.24) is 15.5 Å². The summed E-state index contributed by atoms with van der Waals surface area (Å²) in [6.07, 6.45) is -1.54. The average molecular weight is 1060 g/mol. The van der Waals surface area contributed by atoms with E-state index in [1.807, 2.05) is 0 Å². The summed E-state index contributed by atoms with van der Waals surface area (Å²) in [5.41, 5.74) is 1.25. The van der Waals surface area contributed by atoms with Crippen LogP contribution in [-0.4, -0.2) is 85.3 Å². The van der Waals surface area contributed by atoms with Crippen LogP contribution in [0.4, 0.5) is 17.5 Å². The van der Waals surface area contributed by atoms with E-state index in [0.29, 0.717) is 39.9 Å². The molecule has 0 saturated heterocycles. The first-order valence-electron chi connectivity index (χ1n) is 24.3. The number of rotatable bonds is 24. The van der Waals surface area contributed by atoms with Gasteiger partial charge in [-0.3, -0.25) is 28.8 Å². The number of ether oxygens (including phenoxy) is 7. The molecule has 0 spiro atoms. The summed E-state index contributed by atoms with van der Waals surface area (Å²) in [5, 5.41) is 19.3. The van der Waals surface area contributed by atoms with E-state index >= 15 is 9.59 Å². The van der Waals surface area contributed by atoms with Crippen LogP contribution in [0.15, 0.2) is 123 Å². The topological polar surface area (TPSA) is 281 Å². The number of carbonyl (C=O) groups is 6. The summed E-state index contributed by atoms with van der Waals surface area (Å²) < 4.78 is 55.9. The molecule has 0 radical (unpaired) electrons. The number of aryl methyl sites for hydroxylation is 3. The number of hydrogen-bond donors (Lipinski definition) is 3. The molecule has 22 nitrogen and oxygen atoms in total. The summed E-state index contributed by atoms with van der Waals surface area (Å²) in [6, 6.07) is 28.8. The molecule has 8 rings (SSSR count). The van der Waals surface area contributed by atoms with Crippen molar-refractivity contribution in [2.45, 2.75) is 70.3 Å². The van der Waals surface area contributed by atoms with Gasteiger partial charge in [0.15, 0.2) is 29.0 Å². The van der Waals surface area contributed by atoms with E-state index < -0.39 is 59.5 Å². The number of anilines is 3. The van der Waals surface area contributed by atoms with Crippen molar-refractivity contribution in [2.75, 3.05) is 50.2 Å². The lowest BCUT2D eigenvalue weighted by atomic mass is 9.79. The number of aromatic nitrogens is 3. The molecule has 4 aromatic carbocycles. The van der Waals surface area contributed by atoms with Crippen LogP contribution in [-0.2, 0) is 43.0 Å². The van der Waals surface area contributed by atoms with Crippen LogP contribution in [0.25, 0.3) is 0 Å². The van der Waals surface area contributed by atoms with Crippen LogP contribution in [0, 0.1) is 20.8 Å². The summed E-state index contributed by atoms with van der Waals surface area (Å²) in [7, 11) is 2.88. The lowest BCUT2D eigenvalue weighted by Crippen LogP contribution is -2.31. The van der Waals surface area contributed by atoms with Gasteiger partial charge in [-0.15, -0.1) is 0 Å². The fourth-order valence-electron chi connectivity index (χ4n) is 8.40. The minimum atomic E-state index is -1.54. The van der Waals surface area contributed by atoms with E-state index in [1.165, 1.54) is 32.4 Å². The summed E-state index contributed by atoms with van der Waals surface area (Å²) in [5.74, 6) is -5.45. The van der Waals surface area contributed by atoms with Gasteiger partial charge < -0.3 is 62.7 Å². The zero-order chi connectivity index (χ0) is 54.4. The maximum Gasteiger partial charge on any atom is 0.319 e. The van der Waals surface area contributed by atoms with Gasteiger partial charge in [0, 0.05) is 42.2 Å². The van der Waals surface area contributed by atoms with Crippen molar-refractivity contribution >= 4 is 53.1 Å². The highest BCUT2D eigenvalue weighted by molar-refractivity contribution is 5.97. The van der Waals surface area contributed by atoms with Crippen LogP contribution in [0.5, 0.6) is 23.0 Å². The maximum absolute atomic E-state index is 15.1. The monoisotopic (exact) mass is 1050 g/mol. The Hall–Kier alpha value is -9.47. The average Bonchev–Trinajstić information content (AvgIpc) is 4.27. The van der Waals surface area contributed by atoms with Crippen LogP contribution in [0.2, 0.25) is 0 Å². The van der Waals surface area contributed by atoms with E-state index in [1.54, 1.807) is 112 Å². The Balaban J connectivity index is 1.17. The number of benzene rings is 4. The molecule has 0 fully saturated rings. The number of amides is 3. The summed E-state index contributed by atoms with van der Waals surface area (Å²) in [4.78, 5) is 84.7. The first-order valence-corrected chi connectivity index (χ1v) is 24.3. The molecule has 3 aromatic heterocycles. The number of methoxy groups -OCH3 is 2. The van der Waals surface area contributed by atoms with Gasteiger partial charge in [-0.05, 0) is 86.7 Å². The Kier molecular flexibility index (Phi) is 17.6. The zero-order valence-corrected chi connectivity index (χ0v) is 42.5. The van der Waals surface area contributed by atoms with Crippen molar-refractivity contribution in [3.63, 3.8) is 0 Å². The smallest absolute Gasteiger partial charge is 0.319 e. The molecular formula is C55H54N6O16. The van der Waals surface area contributed by atoms with Crippen molar-refractivity contribution in [2.24, 2.45) is 0 Å². The van der Waals surface area contributed by atoms with Crippen LogP contribution >= 0.6 is 0 Å². The minimum absolute atomic E-state index is 0.0574. The lowest BCUT2D eigenvalue weighted by Gasteiger charge is -2.28. The third kappa shape index (κ3) is 13.8. The van der Waals surface area contributed by atoms with Crippen molar-refractivity contribution in [1.29, 1.82) is 0 Å². The fourth-order valence-corrected chi connectivity index (χ4v) is 8.40. The first kappa shape index (κ1) is 53.8. The zero-order valence-electron chi connectivity index (χ0n) is 42.5. The van der Waals surface area contributed by atoms with Gasteiger partial charge in [0.2, 0.25) is 24.7 Å². The Morgan fingerprint density at radius 2 is 1.06 bits per heavy atom. The third-order valence-corrected chi connectivity index (χ3v) is 12.0. The molecule has 22 heteroatoms. The highest BCUT2D eigenvalue weighted by atomic mass is 16.7. The number of esters is 3. The van der Waals surface area contributed by atoms with Gasteiger partial charge in [-0.1, -0.05) is 70.1 Å². The summed E-state index contributed by atoms with van der Waals surface area (Å²) in [6.45, 7) is 4.38. The van der Waals surface area contributed by atoms with Crippen LogP contribution in [0.1, 0.15) is 94.6 Å². The van der Waals surface area contributed by atoms with E-state index in [2.05, 4.69) is 31.4 Å². The number of nitrogens with one attached hydrogen (secondary N) is 3. The van der Waals surface area contributed by atoms with Gasteiger partial charge >= 0.3 is 17.9 Å². The van der Waals surface area contributed by atoms with E-state index in [-0.39, 0.29) is 91.3 Å². The molecule has 7 aromatic rings. The van der Waals surface area contributed by atoms with Gasteiger partial charge in [0.05, 0.1) is 39.3 Å². The lowest BCUT2D eigenvalue weighted by molar-refractivity contribution is -0.155. The minimum Gasteiger partial charge on any atom is -0.497 e. The molecule has 4 unspecified atom stereocenters. The van der Waals surface area contributed by atoms with Gasteiger partial charge in [-0.2, -0.15) is 0 Å². The summed E-state index contributed by atoms with van der Waals surface area (Å²) >= 11 is 0. The fraction of sp³-hybridized carbons (Fsp3) is 0.291. The highest BCUT2D eigenvalue weighted by Crippen LogP contribution is 2.44. The molecule has 77 heavy (non-hydrogen) atoms. The molecule has 0 aliphatic carbocycles. The molecule has 0 saturated carbocycles. The normalized spacial score (nSPS) is 13.1. The second-order valence-electron chi connectivity index (χ2n) is 17.6. The maximum atomic E-state index is 15.1. The largest absolute Gasteiger partial charge is 0.497 e. The Bertz CT molecular complexity index is 3200. The van der Waals surface area contributed by atoms with Crippen LogP contribution in [0.3, 0.4) is 0 Å². The Morgan fingerprint density at radius 1 is 0.545 bits per heavy atom. The van der Waals surface area contributed by atoms with E-state index in [4.69, 9.17) is 46.7 Å². The second kappa shape index (κ2) is 25.2. The standard InChI is InChI=1S/C55H54N6O16/c1-31-25-43(59-75-31)56-46(62)13-9-23-70-53(65)49(50(37-18-22-41-42(29-37)73-30-72-41)54(66)71-24-10-14-47(63)57-44-26-32(2)76-60-44)36-17-21-40(69-5)39(28-36)48(34-15-19-38(68-4)20-16-34)55(67)74-51(35-11-7-6-8-12-35)52(64)58-45-27-33(3)77-61-45/h6-8,11-12,15-22,25-29,48-51H,9-10,13-14,23-24,30H2,1-5H3,(H,56,59,62)(H,57,60,63)(H,58,61,64). The molecule has 0 bridgehead atoms. The molecule has 3 amide bonds. The molecule has 3 N–H and O–H groups in total. The van der Waals surface area contributed by atoms with Gasteiger partial charge in [0.25, 0.3) is 5.91 Å².